The summed E-state index contributed by atoms with van der Waals surface area (Å²) in [7, 11) is 0. The van der Waals surface area contributed by atoms with E-state index in [1.165, 1.54) is 12.1 Å². The van der Waals surface area contributed by atoms with Gasteiger partial charge in [-0.3, -0.25) is 14.6 Å². The Morgan fingerprint density at radius 2 is 1.78 bits per heavy atom. The highest BCUT2D eigenvalue weighted by molar-refractivity contribution is 8.07. The number of halogens is 3. The molecule has 36 heavy (non-hydrogen) atoms. The number of aromatic nitrogens is 1. The third-order valence-corrected chi connectivity index (χ3v) is 7.49. The van der Waals surface area contributed by atoms with E-state index in [0.29, 0.717) is 17.3 Å². The third-order valence-electron chi connectivity index (χ3n) is 5.31. The van der Waals surface area contributed by atoms with Gasteiger partial charge < -0.3 is 9.05 Å². The molecule has 1 heterocycles. The van der Waals surface area contributed by atoms with Crippen LogP contribution in [0.1, 0.15) is 25.8 Å². The number of nitro groups is 1. The molecule has 4 rings (SSSR count). The van der Waals surface area contributed by atoms with Gasteiger partial charge in [0, 0.05) is 23.3 Å². The first-order valence-corrected chi connectivity index (χ1v) is 13.4. The van der Waals surface area contributed by atoms with Crippen LogP contribution in [-0.4, -0.2) is 16.0 Å². The number of benzene rings is 3. The zero-order chi connectivity index (χ0) is 26.1. The summed E-state index contributed by atoms with van der Waals surface area (Å²) >= 11 is 5.63. The second-order valence-electron chi connectivity index (χ2n) is 7.89. The van der Waals surface area contributed by atoms with Crippen molar-refractivity contribution in [3.8, 4) is 11.5 Å². The standard InChI is InChI=1S/C24H20F3N2O5PS/c1-3-15(2)32-35(36,33-18-10-8-17(9-11-18)24(25,26)27)34-22-13-12-21(29(30)31)23-19(22)14-16-6-4-5-7-20(16)28-23/h4-15H,3H2,1-2H3. The topological polar surface area (TPSA) is 83.7 Å². The Morgan fingerprint density at radius 1 is 1.08 bits per heavy atom. The van der Waals surface area contributed by atoms with Crippen LogP contribution in [0.4, 0.5) is 18.9 Å². The Balaban J connectivity index is 1.79. The van der Waals surface area contributed by atoms with E-state index in [1.54, 1.807) is 37.3 Å². The number of hydrogen-bond donors (Lipinski definition) is 0. The van der Waals surface area contributed by atoms with Gasteiger partial charge in [0.1, 0.15) is 11.5 Å². The number of hydrogen-bond acceptors (Lipinski definition) is 7. The fourth-order valence-corrected chi connectivity index (χ4v) is 5.79. The number of para-hydroxylation sites is 1. The van der Waals surface area contributed by atoms with Crippen LogP contribution in [0.5, 0.6) is 11.5 Å². The van der Waals surface area contributed by atoms with E-state index in [-0.39, 0.29) is 22.7 Å². The number of alkyl halides is 3. The van der Waals surface area contributed by atoms with E-state index >= 15 is 0 Å². The summed E-state index contributed by atoms with van der Waals surface area (Å²) in [5.41, 5.74) is -0.411. The third kappa shape index (κ3) is 5.59. The van der Waals surface area contributed by atoms with Gasteiger partial charge in [-0.05, 0) is 55.8 Å². The van der Waals surface area contributed by atoms with Gasteiger partial charge in [-0.1, -0.05) is 25.1 Å². The molecule has 0 radical (unpaired) electrons. The Morgan fingerprint density at radius 3 is 2.42 bits per heavy atom. The summed E-state index contributed by atoms with van der Waals surface area (Å²) in [6.07, 6.45) is -4.34. The molecule has 0 amide bonds. The molecule has 12 heteroatoms. The van der Waals surface area contributed by atoms with Crippen molar-refractivity contribution in [1.29, 1.82) is 0 Å². The zero-order valence-electron chi connectivity index (χ0n) is 19.1. The fraction of sp³-hybridized carbons (Fsp3) is 0.208. The van der Waals surface area contributed by atoms with Gasteiger partial charge in [0.25, 0.3) is 5.69 Å². The molecule has 4 aromatic rings. The van der Waals surface area contributed by atoms with Gasteiger partial charge in [-0.2, -0.15) is 13.2 Å². The van der Waals surface area contributed by atoms with Crippen LogP contribution >= 0.6 is 6.72 Å². The molecular formula is C24H20F3N2O5PS. The lowest BCUT2D eigenvalue weighted by atomic mass is 10.1. The molecule has 0 aliphatic rings. The van der Waals surface area contributed by atoms with Crippen molar-refractivity contribution in [2.45, 2.75) is 32.5 Å². The second-order valence-corrected chi connectivity index (χ2v) is 10.7. The van der Waals surface area contributed by atoms with Crippen LogP contribution in [-0.2, 0) is 22.5 Å². The van der Waals surface area contributed by atoms with E-state index in [1.807, 2.05) is 6.92 Å². The summed E-state index contributed by atoms with van der Waals surface area (Å²) in [6, 6.07) is 15.4. The summed E-state index contributed by atoms with van der Waals surface area (Å²) in [5.74, 6) is 0.178. The van der Waals surface area contributed by atoms with E-state index < -0.39 is 29.5 Å². The number of nitrogens with zero attached hydrogens (tertiary/aromatic N) is 2. The summed E-state index contributed by atoms with van der Waals surface area (Å²) in [6.45, 7) is -0.0263. The van der Waals surface area contributed by atoms with Crippen LogP contribution in [0.15, 0.2) is 66.7 Å². The van der Waals surface area contributed by atoms with Crippen molar-refractivity contribution < 1.29 is 31.7 Å². The average molecular weight is 536 g/mol. The minimum atomic E-state index is -4.50. The van der Waals surface area contributed by atoms with E-state index in [0.717, 1.165) is 29.7 Å². The first kappa shape index (κ1) is 25.8. The highest BCUT2D eigenvalue weighted by atomic mass is 32.5. The molecule has 2 unspecified atom stereocenters. The van der Waals surface area contributed by atoms with Crippen molar-refractivity contribution in [2.24, 2.45) is 0 Å². The molecular weight excluding hydrogens is 516 g/mol. The van der Waals surface area contributed by atoms with Gasteiger partial charge in [-0.25, -0.2) is 4.98 Å². The Kier molecular flexibility index (Phi) is 7.17. The summed E-state index contributed by atoms with van der Waals surface area (Å²) < 4.78 is 56.7. The van der Waals surface area contributed by atoms with E-state index in [9.17, 15) is 23.3 Å². The van der Waals surface area contributed by atoms with Gasteiger partial charge >= 0.3 is 12.9 Å². The van der Waals surface area contributed by atoms with Crippen LogP contribution in [0.2, 0.25) is 0 Å². The van der Waals surface area contributed by atoms with Crippen molar-refractivity contribution in [3.63, 3.8) is 0 Å². The van der Waals surface area contributed by atoms with Crippen molar-refractivity contribution >= 4 is 46.0 Å². The SMILES string of the molecule is CCC(C)OP(=S)(Oc1ccc(C(F)(F)F)cc1)Oc1ccc([N+](=O)[O-])c2nc3ccccc3cc12. The Labute approximate surface area is 209 Å². The van der Waals surface area contributed by atoms with E-state index in [4.69, 9.17) is 25.4 Å². The molecule has 0 bridgehead atoms. The lowest BCUT2D eigenvalue weighted by Gasteiger charge is -2.26. The predicted octanol–water partition coefficient (Wildman–Crippen LogP) is 7.81. The van der Waals surface area contributed by atoms with E-state index in [2.05, 4.69) is 4.98 Å². The molecule has 0 aliphatic carbocycles. The first-order valence-electron chi connectivity index (χ1n) is 10.8. The van der Waals surface area contributed by atoms with Crippen molar-refractivity contribution in [2.75, 3.05) is 0 Å². The first-order chi connectivity index (χ1) is 17.0. The number of fused-ring (bicyclic) bond motifs is 2. The predicted molar refractivity (Wildman–Crippen MR) is 134 cm³/mol. The summed E-state index contributed by atoms with van der Waals surface area (Å²) in [5, 5.41) is 12.7. The maximum absolute atomic E-state index is 13.0. The maximum atomic E-state index is 13.0. The fourth-order valence-electron chi connectivity index (χ4n) is 3.36. The zero-order valence-corrected chi connectivity index (χ0v) is 20.8. The molecule has 188 valence electrons. The number of non-ortho nitro benzene ring substituents is 1. The van der Waals surface area contributed by atoms with Crippen molar-refractivity contribution in [3.05, 3.63) is 82.4 Å². The molecule has 0 saturated heterocycles. The molecule has 7 nitrogen and oxygen atoms in total. The lowest BCUT2D eigenvalue weighted by Crippen LogP contribution is -2.12. The van der Waals surface area contributed by atoms with Gasteiger partial charge in [-0.15, -0.1) is 0 Å². The van der Waals surface area contributed by atoms with Crippen LogP contribution in [0.3, 0.4) is 0 Å². The highest BCUT2D eigenvalue weighted by Crippen LogP contribution is 2.53. The van der Waals surface area contributed by atoms with Crippen LogP contribution < -0.4 is 9.05 Å². The second kappa shape index (κ2) is 10.0. The Bertz CT molecular complexity index is 1480. The highest BCUT2D eigenvalue weighted by Gasteiger charge is 2.32. The normalized spacial score (nSPS) is 14.4. The molecule has 0 N–H and O–H groups in total. The van der Waals surface area contributed by atoms with Gasteiger partial charge in [0.05, 0.1) is 27.5 Å². The molecule has 0 aliphatic heterocycles. The smallest absolute Gasteiger partial charge is 0.416 e. The summed E-state index contributed by atoms with van der Waals surface area (Å²) in [4.78, 5) is 15.6. The molecule has 0 saturated carbocycles. The Hall–Kier alpha value is -3.27. The molecule has 0 fully saturated rings. The lowest BCUT2D eigenvalue weighted by molar-refractivity contribution is -0.383. The largest absolute Gasteiger partial charge is 0.435 e. The van der Waals surface area contributed by atoms with Crippen LogP contribution in [0.25, 0.3) is 21.8 Å². The maximum Gasteiger partial charge on any atom is 0.435 e. The van der Waals surface area contributed by atoms with Crippen molar-refractivity contribution in [1.82, 2.24) is 4.98 Å². The molecule has 2 atom stereocenters. The average Bonchev–Trinajstić information content (AvgIpc) is 2.82. The van der Waals surface area contributed by atoms with Gasteiger partial charge in [0.2, 0.25) is 0 Å². The molecule has 1 aromatic heterocycles. The number of rotatable bonds is 8. The van der Waals surface area contributed by atoms with Crippen LogP contribution in [0, 0.1) is 10.1 Å². The number of nitro benzene ring substituents is 1. The monoisotopic (exact) mass is 536 g/mol. The molecule has 3 aromatic carbocycles. The quantitative estimate of drug-likeness (QED) is 0.0983. The minimum Gasteiger partial charge on any atom is -0.416 e. The number of pyridine rings is 1. The van der Waals surface area contributed by atoms with Gasteiger partial charge in [0.15, 0.2) is 5.52 Å². The molecule has 0 spiro atoms. The minimum absolute atomic E-state index is 0.0319.